The van der Waals surface area contributed by atoms with E-state index in [-0.39, 0.29) is 24.2 Å². The molecule has 106 valence electrons. The molecule has 8 heteroatoms. The summed E-state index contributed by atoms with van der Waals surface area (Å²) in [5, 5.41) is 14.9. The Balaban J connectivity index is 0.000000576. The lowest BCUT2D eigenvalue weighted by atomic mass is 10.1. The number of hydrogen-bond donors (Lipinski definition) is 4. The van der Waals surface area contributed by atoms with E-state index in [1.165, 1.54) is 12.1 Å². The van der Waals surface area contributed by atoms with E-state index in [1.54, 1.807) is 18.0 Å². The molecule has 0 saturated heterocycles. The van der Waals surface area contributed by atoms with E-state index in [0.29, 0.717) is 6.42 Å². The number of halogens is 2. The molecule has 1 unspecified atom stereocenters. The minimum atomic E-state index is -0.871. The zero-order valence-corrected chi connectivity index (χ0v) is 11.1. The predicted octanol–water partition coefficient (Wildman–Crippen LogP) is 0.532. The molecule has 1 aliphatic heterocycles. The first-order chi connectivity index (χ1) is 8.32. The van der Waals surface area contributed by atoms with Gasteiger partial charge in [0.2, 0.25) is 0 Å². The highest BCUT2D eigenvalue weighted by atomic mass is 35.5. The SMILES string of the molecule is CN1c2ccc(F)cc2CC1C(=O)O.Cl.N=C(N)N. The molecule has 1 aliphatic rings. The molecule has 0 fully saturated rings. The summed E-state index contributed by atoms with van der Waals surface area (Å²) >= 11 is 0. The first-order valence-electron chi connectivity index (χ1n) is 5.16. The van der Waals surface area contributed by atoms with E-state index in [4.69, 9.17) is 10.5 Å². The summed E-state index contributed by atoms with van der Waals surface area (Å²) in [7, 11) is 1.71. The van der Waals surface area contributed by atoms with Gasteiger partial charge in [0.1, 0.15) is 11.9 Å². The van der Waals surface area contributed by atoms with Gasteiger partial charge in [0, 0.05) is 19.2 Å². The van der Waals surface area contributed by atoms with Gasteiger partial charge in [-0.25, -0.2) is 9.18 Å². The zero-order valence-electron chi connectivity index (χ0n) is 10.3. The van der Waals surface area contributed by atoms with Gasteiger partial charge in [0.25, 0.3) is 0 Å². The van der Waals surface area contributed by atoms with Crippen molar-refractivity contribution in [1.29, 1.82) is 5.41 Å². The molecule has 6 nitrogen and oxygen atoms in total. The minimum Gasteiger partial charge on any atom is -0.480 e. The fourth-order valence-corrected chi connectivity index (χ4v) is 1.83. The van der Waals surface area contributed by atoms with Crippen LogP contribution in [0.2, 0.25) is 0 Å². The Morgan fingerprint density at radius 1 is 1.53 bits per heavy atom. The van der Waals surface area contributed by atoms with Crippen molar-refractivity contribution >= 4 is 30.0 Å². The number of aliphatic carboxylic acids is 1. The van der Waals surface area contributed by atoms with E-state index in [0.717, 1.165) is 11.3 Å². The maximum Gasteiger partial charge on any atom is 0.326 e. The van der Waals surface area contributed by atoms with E-state index in [1.807, 2.05) is 0 Å². The summed E-state index contributed by atoms with van der Waals surface area (Å²) < 4.78 is 12.9. The molecule has 1 atom stereocenters. The molecule has 19 heavy (non-hydrogen) atoms. The van der Waals surface area contributed by atoms with Gasteiger partial charge in [-0.05, 0) is 23.8 Å². The maximum absolute atomic E-state index is 12.9. The molecule has 0 aliphatic carbocycles. The van der Waals surface area contributed by atoms with E-state index < -0.39 is 12.0 Å². The third-order valence-electron chi connectivity index (χ3n) is 2.59. The number of nitrogens with zero attached hydrogens (tertiary/aromatic N) is 1. The summed E-state index contributed by atoms with van der Waals surface area (Å²) in [5.74, 6) is -1.52. The molecule has 0 bridgehead atoms. The number of anilines is 1. The fraction of sp³-hybridized carbons (Fsp3) is 0.273. The molecule has 0 spiro atoms. The third-order valence-corrected chi connectivity index (χ3v) is 2.59. The van der Waals surface area contributed by atoms with Crippen LogP contribution in [0.4, 0.5) is 10.1 Å². The summed E-state index contributed by atoms with van der Waals surface area (Å²) in [6.45, 7) is 0. The lowest BCUT2D eigenvalue weighted by Gasteiger charge is -2.18. The lowest BCUT2D eigenvalue weighted by Crippen LogP contribution is -2.35. The number of likely N-dealkylation sites (N-methyl/N-ethyl adjacent to an activating group) is 1. The number of hydrogen-bond acceptors (Lipinski definition) is 3. The van der Waals surface area contributed by atoms with Crippen LogP contribution in [0.3, 0.4) is 0 Å². The van der Waals surface area contributed by atoms with Crippen molar-refractivity contribution in [3.63, 3.8) is 0 Å². The predicted molar refractivity (Wildman–Crippen MR) is 73.3 cm³/mol. The van der Waals surface area contributed by atoms with Crippen LogP contribution in [0.15, 0.2) is 18.2 Å². The van der Waals surface area contributed by atoms with E-state index >= 15 is 0 Å². The molecule has 0 aromatic heterocycles. The van der Waals surface area contributed by atoms with Crippen LogP contribution in [0, 0.1) is 11.2 Å². The maximum atomic E-state index is 12.9. The Morgan fingerprint density at radius 2 is 2.05 bits per heavy atom. The number of rotatable bonds is 1. The van der Waals surface area contributed by atoms with Crippen molar-refractivity contribution in [2.24, 2.45) is 11.5 Å². The number of carboxylic acids is 1. The molecule has 1 heterocycles. The molecule has 1 aromatic rings. The van der Waals surface area contributed by atoms with Gasteiger partial charge in [-0.15, -0.1) is 12.4 Å². The van der Waals surface area contributed by atoms with Crippen molar-refractivity contribution in [2.75, 3.05) is 11.9 Å². The van der Waals surface area contributed by atoms with Crippen LogP contribution < -0.4 is 16.4 Å². The highest BCUT2D eigenvalue weighted by Gasteiger charge is 2.31. The number of fused-ring (bicyclic) bond motifs is 1. The minimum absolute atomic E-state index is 0. The van der Waals surface area contributed by atoms with Crippen LogP contribution in [0.1, 0.15) is 5.56 Å². The average molecular weight is 291 g/mol. The van der Waals surface area contributed by atoms with Gasteiger partial charge in [0.15, 0.2) is 5.96 Å². The molecule has 0 amide bonds. The smallest absolute Gasteiger partial charge is 0.326 e. The standard InChI is InChI=1S/C10H10FNO2.CH5N3.ClH/c1-12-8-3-2-7(11)4-6(8)5-9(12)10(13)14;2-1(3)4;/h2-4,9H,5H2,1H3,(H,13,14);(H5,2,3,4);1H. The van der Waals surface area contributed by atoms with Crippen LogP contribution >= 0.6 is 12.4 Å². The topological polar surface area (TPSA) is 116 Å². The number of carbonyl (C=O) groups is 1. The second kappa shape index (κ2) is 6.79. The first kappa shape index (κ1) is 17.0. The quantitative estimate of drug-likeness (QED) is 0.445. The van der Waals surface area contributed by atoms with Gasteiger partial charge in [-0.3, -0.25) is 5.41 Å². The third kappa shape index (κ3) is 4.29. The van der Waals surface area contributed by atoms with Gasteiger partial charge < -0.3 is 21.5 Å². The monoisotopic (exact) mass is 290 g/mol. The number of nitrogens with one attached hydrogen (secondary N) is 1. The van der Waals surface area contributed by atoms with Gasteiger partial charge in [0.05, 0.1) is 0 Å². The number of nitrogens with two attached hydrogens (primary N) is 2. The summed E-state index contributed by atoms with van der Waals surface area (Å²) in [6, 6.07) is 3.80. The lowest BCUT2D eigenvalue weighted by molar-refractivity contribution is -0.138. The average Bonchev–Trinajstić information content (AvgIpc) is 2.54. The molecule has 0 saturated carbocycles. The summed E-state index contributed by atoms with van der Waals surface area (Å²) in [5.41, 5.74) is 10.5. The van der Waals surface area contributed by atoms with Crippen LogP contribution in [-0.2, 0) is 11.2 Å². The van der Waals surface area contributed by atoms with Gasteiger partial charge in [-0.2, -0.15) is 0 Å². The van der Waals surface area contributed by atoms with Gasteiger partial charge >= 0.3 is 5.97 Å². The molecular weight excluding hydrogens is 275 g/mol. The van der Waals surface area contributed by atoms with Crippen molar-refractivity contribution < 1.29 is 14.3 Å². The highest BCUT2D eigenvalue weighted by Crippen LogP contribution is 2.31. The molecule has 6 N–H and O–H groups in total. The number of carboxylic acid groups (broad SMARTS) is 1. The van der Waals surface area contributed by atoms with Crippen LogP contribution in [-0.4, -0.2) is 30.1 Å². The summed E-state index contributed by atoms with van der Waals surface area (Å²) in [6.07, 6.45) is 0.374. The second-order valence-corrected chi connectivity index (χ2v) is 3.90. The number of benzene rings is 1. The molecular formula is C11H16ClFN4O2. The largest absolute Gasteiger partial charge is 0.480 e. The van der Waals surface area contributed by atoms with E-state index in [9.17, 15) is 9.18 Å². The van der Waals surface area contributed by atoms with Crippen LogP contribution in [0.25, 0.3) is 0 Å². The fourth-order valence-electron chi connectivity index (χ4n) is 1.83. The van der Waals surface area contributed by atoms with Crippen molar-refractivity contribution in [3.8, 4) is 0 Å². The second-order valence-electron chi connectivity index (χ2n) is 3.90. The Morgan fingerprint density at radius 3 is 2.53 bits per heavy atom. The Kier molecular flexibility index (Phi) is 6.07. The molecule has 0 radical (unpaired) electrons. The molecule has 1 aromatic carbocycles. The van der Waals surface area contributed by atoms with Crippen molar-refractivity contribution in [1.82, 2.24) is 0 Å². The Labute approximate surface area is 116 Å². The Hall–Kier alpha value is -2.02. The van der Waals surface area contributed by atoms with Crippen molar-refractivity contribution in [2.45, 2.75) is 12.5 Å². The normalized spacial score (nSPS) is 15.7. The molecule has 2 rings (SSSR count). The highest BCUT2D eigenvalue weighted by molar-refractivity contribution is 5.85. The van der Waals surface area contributed by atoms with Gasteiger partial charge in [-0.1, -0.05) is 0 Å². The zero-order chi connectivity index (χ0) is 13.9. The Bertz CT molecular complexity index is 480. The van der Waals surface area contributed by atoms with Crippen molar-refractivity contribution in [3.05, 3.63) is 29.6 Å². The van der Waals surface area contributed by atoms with Crippen LogP contribution in [0.5, 0.6) is 0 Å². The summed E-state index contributed by atoms with van der Waals surface area (Å²) in [4.78, 5) is 12.5. The van der Waals surface area contributed by atoms with E-state index in [2.05, 4.69) is 11.5 Å². The number of guanidine groups is 1. The first-order valence-corrected chi connectivity index (χ1v) is 5.16.